The van der Waals surface area contributed by atoms with E-state index in [0.717, 1.165) is 16.3 Å². The Kier molecular flexibility index (Phi) is 3.40. The summed E-state index contributed by atoms with van der Waals surface area (Å²) in [7, 11) is 0. The third-order valence-corrected chi connectivity index (χ3v) is 3.99. The number of nitrogen functional groups attached to an aromatic ring is 1. The fourth-order valence-corrected chi connectivity index (χ4v) is 2.61. The molecule has 0 spiro atoms. The van der Waals surface area contributed by atoms with Crippen LogP contribution in [-0.2, 0) is 0 Å². The number of benzene rings is 3. The van der Waals surface area contributed by atoms with Crippen molar-refractivity contribution in [1.29, 1.82) is 0 Å². The molecule has 0 saturated carbocycles. The summed E-state index contributed by atoms with van der Waals surface area (Å²) in [4.78, 5) is 12.7. The van der Waals surface area contributed by atoms with Crippen LogP contribution in [0.25, 0.3) is 10.8 Å². The molecular weight excluding hydrogens is 282 g/mol. The molecule has 2 N–H and O–H groups in total. The van der Waals surface area contributed by atoms with E-state index < -0.39 is 0 Å². The van der Waals surface area contributed by atoms with Crippen molar-refractivity contribution in [3.05, 3.63) is 76.3 Å². The van der Waals surface area contributed by atoms with Crippen molar-refractivity contribution >= 4 is 33.8 Å². The first-order valence-corrected chi connectivity index (χ1v) is 7.04. The van der Waals surface area contributed by atoms with E-state index >= 15 is 0 Å². The molecule has 0 fully saturated rings. The molecule has 0 saturated heterocycles. The van der Waals surface area contributed by atoms with Gasteiger partial charge in [-0.25, -0.2) is 0 Å². The fraction of sp³-hybridized carbons (Fsp3) is 0.0556. The van der Waals surface area contributed by atoms with Crippen LogP contribution < -0.4 is 5.73 Å². The zero-order chi connectivity index (χ0) is 15.0. The number of aryl methyl sites for hydroxylation is 1. The van der Waals surface area contributed by atoms with Gasteiger partial charge in [0.05, 0.1) is 10.7 Å². The third kappa shape index (κ3) is 2.39. The summed E-state index contributed by atoms with van der Waals surface area (Å²) in [5.74, 6) is -0.0467. The lowest BCUT2D eigenvalue weighted by Gasteiger charge is -2.09. The van der Waals surface area contributed by atoms with Crippen molar-refractivity contribution < 1.29 is 4.79 Å². The molecule has 0 amide bonds. The molecule has 0 radical (unpaired) electrons. The van der Waals surface area contributed by atoms with Gasteiger partial charge in [0.15, 0.2) is 5.78 Å². The number of nitrogens with two attached hydrogens (primary N) is 1. The average Bonchev–Trinajstić information content (AvgIpc) is 2.50. The quantitative estimate of drug-likeness (QED) is 0.554. The van der Waals surface area contributed by atoms with E-state index in [-0.39, 0.29) is 5.78 Å². The van der Waals surface area contributed by atoms with Crippen molar-refractivity contribution in [2.75, 3.05) is 5.73 Å². The Morgan fingerprint density at radius 3 is 2.43 bits per heavy atom. The van der Waals surface area contributed by atoms with Gasteiger partial charge in [-0.15, -0.1) is 0 Å². The van der Waals surface area contributed by atoms with Gasteiger partial charge in [0.2, 0.25) is 0 Å². The molecule has 104 valence electrons. The molecule has 0 aliphatic heterocycles. The zero-order valence-corrected chi connectivity index (χ0v) is 12.3. The van der Waals surface area contributed by atoms with Gasteiger partial charge in [0, 0.05) is 11.1 Å². The fourth-order valence-electron chi connectivity index (χ4n) is 2.49. The van der Waals surface area contributed by atoms with Crippen LogP contribution in [0.2, 0.25) is 5.02 Å². The Bertz CT molecular complexity index is 855. The number of hydrogen-bond acceptors (Lipinski definition) is 2. The van der Waals surface area contributed by atoms with E-state index in [2.05, 4.69) is 0 Å². The maximum Gasteiger partial charge on any atom is 0.193 e. The molecule has 0 unspecified atom stereocenters. The summed E-state index contributed by atoms with van der Waals surface area (Å²) in [6.07, 6.45) is 0. The lowest BCUT2D eigenvalue weighted by Crippen LogP contribution is -2.03. The van der Waals surface area contributed by atoms with Crippen molar-refractivity contribution in [3.63, 3.8) is 0 Å². The van der Waals surface area contributed by atoms with Gasteiger partial charge < -0.3 is 5.73 Å². The first kappa shape index (κ1) is 13.7. The van der Waals surface area contributed by atoms with Crippen molar-refractivity contribution in [1.82, 2.24) is 0 Å². The monoisotopic (exact) mass is 295 g/mol. The number of carbonyl (C=O) groups is 1. The first-order chi connectivity index (χ1) is 10.1. The number of hydrogen-bond donors (Lipinski definition) is 1. The van der Waals surface area contributed by atoms with Gasteiger partial charge in [-0.3, -0.25) is 4.79 Å². The first-order valence-electron chi connectivity index (χ1n) is 6.66. The maximum atomic E-state index is 12.7. The molecule has 3 heteroatoms. The molecule has 0 bridgehead atoms. The summed E-state index contributed by atoms with van der Waals surface area (Å²) in [6, 6.07) is 16.7. The molecule has 2 nitrogen and oxygen atoms in total. The topological polar surface area (TPSA) is 43.1 Å². The SMILES string of the molecule is Cc1ccc(C(=O)c2ccc(Cl)c(N)c2)c2ccccc12. The van der Waals surface area contributed by atoms with Gasteiger partial charge in [0.25, 0.3) is 0 Å². The van der Waals surface area contributed by atoms with Crippen LogP contribution in [0.5, 0.6) is 0 Å². The number of fused-ring (bicyclic) bond motifs is 1. The average molecular weight is 296 g/mol. The molecule has 0 atom stereocenters. The maximum absolute atomic E-state index is 12.7. The van der Waals surface area contributed by atoms with Crippen molar-refractivity contribution in [2.45, 2.75) is 6.92 Å². The number of halogens is 1. The van der Waals surface area contributed by atoms with Gasteiger partial charge >= 0.3 is 0 Å². The molecule has 21 heavy (non-hydrogen) atoms. The highest BCUT2D eigenvalue weighted by atomic mass is 35.5. The predicted octanol–water partition coefficient (Wildman–Crippen LogP) is 4.61. The van der Waals surface area contributed by atoms with E-state index in [1.807, 2.05) is 43.3 Å². The van der Waals surface area contributed by atoms with E-state index in [9.17, 15) is 4.79 Å². The molecule has 0 heterocycles. The second kappa shape index (κ2) is 5.23. The second-order valence-electron chi connectivity index (χ2n) is 5.04. The zero-order valence-electron chi connectivity index (χ0n) is 11.6. The number of rotatable bonds is 2. The van der Waals surface area contributed by atoms with Crippen LogP contribution in [0.1, 0.15) is 21.5 Å². The van der Waals surface area contributed by atoms with E-state index in [4.69, 9.17) is 17.3 Å². The normalized spacial score (nSPS) is 10.8. The smallest absolute Gasteiger partial charge is 0.193 e. The highest BCUT2D eigenvalue weighted by Gasteiger charge is 2.14. The minimum atomic E-state index is -0.0467. The van der Waals surface area contributed by atoms with Crippen molar-refractivity contribution in [2.24, 2.45) is 0 Å². The van der Waals surface area contributed by atoms with E-state index in [0.29, 0.717) is 21.8 Å². The molecule has 3 aromatic rings. The Morgan fingerprint density at radius 2 is 1.71 bits per heavy atom. The van der Waals surface area contributed by atoms with Crippen LogP contribution in [0.3, 0.4) is 0 Å². The summed E-state index contributed by atoms with van der Waals surface area (Å²) in [5, 5.41) is 2.50. The predicted molar refractivity (Wildman–Crippen MR) is 88.0 cm³/mol. The minimum absolute atomic E-state index is 0.0467. The Labute approximate surface area is 128 Å². The highest BCUT2D eigenvalue weighted by Crippen LogP contribution is 2.26. The van der Waals surface area contributed by atoms with Gasteiger partial charge in [-0.05, 0) is 41.5 Å². The molecule has 0 aromatic heterocycles. The van der Waals surface area contributed by atoms with Crippen LogP contribution in [0.4, 0.5) is 5.69 Å². The lowest BCUT2D eigenvalue weighted by atomic mass is 9.95. The van der Waals surface area contributed by atoms with Crippen molar-refractivity contribution in [3.8, 4) is 0 Å². The summed E-state index contributed by atoms with van der Waals surface area (Å²) >= 11 is 5.91. The van der Waals surface area contributed by atoms with Crippen LogP contribution >= 0.6 is 11.6 Å². The summed E-state index contributed by atoms with van der Waals surface area (Å²) in [5.41, 5.74) is 8.58. The lowest BCUT2D eigenvalue weighted by molar-refractivity contribution is 0.104. The second-order valence-corrected chi connectivity index (χ2v) is 5.45. The molecular formula is C18H14ClNO. The standard InChI is InChI=1S/C18H14ClNO/c1-11-6-8-15(14-5-3-2-4-13(11)14)18(21)12-7-9-16(19)17(20)10-12/h2-10H,20H2,1H3. The molecule has 3 rings (SSSR count). The minimum Gasteiger partial charge on any atom is -0.398 e. The Hall–Kier alpha value is -2.32. The van der Waals surface area contributed by atoms with Gasteiger partial charge in [-0.1, -0.05) is 48.0 Å². The van der Waals surface area contributed by atoms with E-state index in [1.165, 1.54) is 0 Å². The van der Waals surface area contributed by atoms with Crippen LogP contribution in [0.15, 0.2) is 54.6 Å². The number of anilines is 1. The molecule has 0 aliphatic rings. The van der Waals surface area contributed by atoms with E-state index in [1.54, 1.807) is 18.2 Å². The number of carbonyl (C=O) groups excluding carboxylic acids is 1. The molecule has 0 aliphatic carbocycles. The highest BCUT2D eigenvalue weighted by molar-refractivity contribution is 6.33. The van der Waals surface area contributed by atoms with Gasteiger partial charge in [-0.2, -0.15) is 0 Å². The summed E-state index contributed by atoms with van der Waals surface area (Å²) in [6.45, 7) is 2.04. The summed E-state index contributed by atoms with van der Waals surface area (Å²) < 4.78 is 0. The third-order valence-electron chi connectivity index (χ3n) is 3.64. The van der Waals surface area contributed by atoms with Gasteiger partial charge in [0.1, 0.15) is 0 Å². The Balaban J connectivity index is 2.18. The largest absolute Gasteiger partial charge is 0.398 e. The Morgan fingerprint density at radius 1 is 1.00 bits per heavy atom. The van der Waals surface area contributed by atoms with Crippen LogP contribution in [0, 0.1) is 6.92 Å². The number of ketones is 1. The van der Waals surface area contributed by atoms with Crippen LogP contribution in [-0.4, -0.2) is 5.78 Å². The molecule has 3 aromatic carbocycles.